The summed E-state index contributed by atoms with van der Waals surface area (Å²) in [7, 11) is 0. The van der Waals surface area contributed by atoms with Crippen molar-refractivity contribution in [3.8, 4) is 0 Å². The van der Waals surface area contributed by atoms with Gasteiger partial charge in [-0.15, -0.1) is 0 Å². The first-order valence-corrected chi connectivity index (χ1v) is 3.13. The van der Waals surface area contributed by atoms with E-state index >= 15 is 0 Å². The Bertz CT molecular complexity index is 457. The largest absolute Gasteiger partial charge is 0.293 e. The first kappa shape index (κ1) is 2.74. The van der Waals surface area contributed by atoms with Gasteiger partial charge in [-0.1, -0.05) is 6.04 Å². The predicted octanol–water partition coefficient (Wildman–Crippen LogP) is 2.05. The van der Waals surface area contributed by atoms with Gasteiger partial charge >= 0.3 is 0 Å². The molecule has 0 aliphatic carbocycles. The fraction of sp³-hybridized carbons (Fsp3) is 0.143. The van der Waals surface area contributed by atoms with Crippen LogP contribution in [0.25, 0.3) is 0 Å². The van der Waals surface area contributed by atoms with Crippen LogP contribution < -0.4 is 0 Å². The highest BCUT2D eigenvalue weighted by Crippen LogP contribution is 2.05. The zero-order valence-corrected chi connectivity index (χ0v) is 6.32. The Morgan fingerprint density at radius 3 is 3.40 bits per heavy atom. The van der Waals surface area contributed by atoms with E-state index in [0.29, 0.717) is 0 Å². The molecular formula is C7H6BrNO. The van der Waals surface area contributed by atoms with Gasteiger partial charge < -0.3 is 0 Å². The van der Waals surface area contributed by atoms with Gasteiger partial charge in [0.05, 0.1) is 4.11 Å². The van der Waals surface area contributed by atoms with Crippen LogP contribution in [-0.2, 0) is 0 Å². The maximum Gasteiger partial charge on any atom is 0.178 e. The highest BCUT2D eigenvalue weighted by Gasteiger charge is 1.98. The molecule has 0 spiro atoms. The van der Waals surface area contributed by atoms with Crippen molar-refractivity contribution in [2.75, 3.05) is 0 Å². The van der Waals surface area contributed by atoms with Crippen LogP contribution in [0.1, 0.15) is 25.6 Å². The van der Waals surface area contributed by atoms with Gasteiger partial charge in [-0.3, -0.25) is 4.79 Å². The number of hydrogen-bond acceptors (Lipinski definition) is 2. The quantitative estimate of drug-likeness (QED) is 0.519. The molecule has 52 valence electrons. The van der Waals surface area contributed by atoms with Crippen molar-refractivity contribution in [2.45, 2.75) is 6.85 Å². The second-order valence-electron chi connectivity index (χ2n) is 1.46. The van der Waals surface area contributed by atoms with Gasteiger partial charge in [0.25, 0.3) is 0 Å². The lowest BCUT2D eigenvalue weighted by atomic mass is 10.3. The van der Waals surface area contributed by atoms with Crippen molar-refractivity contribution in [3.63, 3.8) is 0 Å². The Kier molecular flexibility index (Phi) is 0.800. The summed E-state index contributed by atoms with van der Waals surface area (Å²) in [5, 5.41) is 0. The number of carbonyl (C=O) groups is 1. The average molecular weight is 206 g/mol. The molecule has 1 rings (SSSR count). The van der Waals surface area contributed by atoms with Crippen LogP contribution >= 0.6 is 15.9 Å². The van der Waals surface area contributed by atoms with Gasteiger partial charge in [0.1, 0.15) is 10.3 Å². The average Bonchev–Trinajstić information content (AvgIpc) is 2.18. The zero-order chi connectivity index (χ0) is 12.7. The van der Waals surface area contributed by atoms with Crippen LogP contribution in [0.15, 0.2) is 22.7 Å². The predicted molar refractivity (Wildman–Crippen MR) is 41.9 cm³/mol. The number of hydrogen-bond donors (Lipinski definition) is 0. The summed E-state index contributed by atoms with van der Waals surface area (Å²) in [4.78, 5) is 14.9. The van der Waals surface area contributed by atoms with Crippen LogP contribution in [-0.4, -0.2) is 10.8 Å². The molecule has 0 saturated carbocycles. The fourth-order valence-corrected chi connectivity index (χ4v) is 0.680. The van der Waals surface area contributed by atoms with E-state index in [2.05, 4.69) is 20.9 Å². The number of halogens is 1. The minimum atomic E-state index is -2.90. The summed E-state index contributed by atoms with van der Waals surface area (Å²) >= 11 is 2.83. The molecule has 1 aromatic rings. The molecule has 0 radical (unpaired) electrons. The van der Waals surface area contributed by atoms with Crippen LogP contribution in [0.4, 0.5) is 0 Å². The lowest BCUT2D eigenvalue weighted by molar-refractivity contribution is 0.101. The fourth-order valence-electron chi connectivity index (χ4n) is 0.404. The monoisotopic (exact) mass is 205 g/mol. The maximum absolute atomic E-state index is 11.4. The molecule has 1 heterocycles. The lowest BCUT2D eigenvalue weighted by Crippen LogP contribution is -1.95. The van der Waals surface area contributed by atoms with Crippen LogP contribution in [0, 0.1) is 0 Å². The summed E-state index contributed by atoms with van der Waals surface area (Å²) in [5.41, 5.74) is -0.618. The molecule has 2 nitrogen and oxygen atoms in total. The Labute approximate surface area is 75.8 Å². The molecule has 0 bridgehead atoms. The number of nitrogens with zero attached hydrogens (tertiary/aromatic N) is 1. The van der Waals surface area contributed by atoms with Crippen molar-refractivity contribution in [2.24, 2.45) is 0 Å². The molecule has 0 aromatic carbocycles. The number of aromatic nitrogens is 1. The third-order valence-corrected chi connectivity index (χ3v) is 1.15. The normalized spacial score (nSPS) is 19.3. The van der Waals surface area contributed by atoms with E-state index in [4.69, 9.17) is 8.22 Å². The maximum atomic E-state index is 11.4. The van der Waals surface area contributed by atoms with E-state index in [1.54, 1.807) is 0 Å². The highest BCUT2D eigenvalue weighted by molar-refractivity contribution is 9.10. The number of pyridine rings is 1. The third kappa shape index (κ3) is 1.64. The second-order valence-corrected chi connectivity index (χ2v) is 2.21. The number of rotatable bonds is 1. The summed E-state index contributed by atoms with van der Waals surface area (Å²) in [6.45, 7) is -2.90. The molecule has 0 aliphatic heterocycles. The van der Waals surface area contributed by atoms with Gasteiger partial charge in [-0.05, 0) is 28.0 Å². The second kappa shape index (κ2) is 2.92. The molecule has 0 atom stereocenters. The summed E-state index contributed by atoms with van der Waals surface area (Å²) in [6, 6.07) is -1.53. The van der Waals surface area contributed by atoms with Gasteiger partial charge in [0, 0.05) is 11.0 Å². The number of Topliss-reactive ketones (excluding diaryl/α,β-unsaturated/α-hetero) is 1. The van der Waals surface area contributed by atoms with E-state index in [-0.39, 0.29) is 10.6 Å². The lowest BCUT2D eigenvalue weighted by Gasteiger charge is -1.92. The van der Waals surface area contributed by atoms with Gasteiger partial charge in [0.2, 0.25) is 0 Å². The van der Waals surface area contributed by atoms with Crippen LogP contribution in [0.3, 0.4) is 0 Å². The Balaban J connectivity index is 3.43. The minimum Gasteiger partial charge on any atom is -0.293 e. The molecular weight excluding hydrogens is 194 g/mol. The molecule has 0 saturated heterocycles. The number of carbonyl (C=O) groups excluding carboxylic acids is 1. The molecule has 10 heavy (non-hydrogen) atoms. The Hall–Kier alpha value is -0.700. The molecule has 1 aromatic heterocycles. The molecule has 0 fully saturated rings. The van der Waals surface area contributed by atoms with Crippen LogP contribution in [0.2, 0.25) is 0 Å². The smallest absolute Gasteiger partial charge is 0.178 e. The van der Waals surface area contributed by atoms with Crippen molar-refractivity contribution in [3.05, 3.63) is 28.4 Å². The minimum absolute atomic E-state index is 0.124. The summed E-state index contributed by atoms with van der Waals surface area (Å²) < 4.78 is 42.6. The van der Waals surface area contributed by atoms with E-state index in [0.717, 1.165) is 0 Å². The SMILES string of the molecule is [2H]c1c(Br)nc(C(=O)C([2H])([2H])[2H])c([2H])c1[2H]. The standard InChI is InChI=1S/C7H6BrNO/c1-5(10)6-3-2-4-7(8)9-6/h2-4H,1H3/i1D3,2D,3D,4D. The van der Waals surface area contributed by atoms with Crippen LogP contribution in [0.5, 0.6) is 0 Å². The van der Waals surface area contributed by atoms with Crippen molar-refractivity contribution >= 4 is 21.7 Å². The first-order chi connectivity index (χ1) is 7.16. The van der Waals surface area contributed by atoms with Gasteiger partial charge in [-0.25, -0.2) is 4.98 Å². The van der Waals surface area contributed by atoms with Gasteiger partial charge in [-0.2, -0.15) is 0 Å². The highest BCUT2D eigenvalue weighted by atomic mass is 79.9. The first-order valence-electron chi connectivity index (χ1n) is 5.34. The van der Waals surface area contributed by atoms with Crippen molar-refractivity contribution in [1.82, 2.24) is 4.98 Å². The van der Waals surface area contributed by atoms with E-state index < -0.39 is 30.4 Å². The van der Waals surface area contributed by atoms with Crippen molar-refractivity contribution < 1.29 is 13.0 Å². The van der Waals surface area contributed by atoms with E-state index in [1.807, 2.05) is 0 Å². The zero-order valence-electron chi connectivity index (χ0n) is 10.7. The van der Waals surface area contributed by atoms with Gasteiger partial charge in [0.15, 0.2) is 5.78 Å². The Morgan fingerprint density at radius 1 is 1.90 bits per heavy atom. The summed E-state index contributed by atoms with van der Waals surface area (Å²) in [6.07, 6.45) is 0. The molecule has 3 heteroatoms. The molecule has 0 amide bonds. The topological polar surface area (TPSA) is 30.0 Å². The molecule has 0 N–H and O–H groups in total. The summed E-state index contributed by atoms with van der Waals surface area (Å²) in [5.74, 6) is -1.30. The third-order valence-electron chi connectivity index (χ3n) is 0.772. The molecule has 0 aliphatic rings. The number of ketones is 1. The molecule has 0 unspecified atom stereocenters. The van der Waals surface area contributed by atoms with Crippen molar-refractivity contribution in [1.29, 1.82) is 0 Å². The van der Waals surface area contributed by atoms with E-state index in [9.17, 15) is 4.79 Å². The Morgan fingerprint density at radius 2 is 2.70 bits per heavy atom. The van der Waals surface area contributed by atoms with E-state index in [1.165, 1.54) is 0 Å².